The number of nitrogens with one attached hydrogen (secondary N) is 1. The zero-order chi connectivity index (χ0) is 18.4. The van der Waals surface area contributed by atoms with Crippen molar-refractivity contribution < 1.29 is 37.9 Å². The molecule has 0 spiro atoms. The van der Waals surface area contributed by atoms with Gasteiger partial charge in [0, 0.05) is 27.9 Å². The monoisotopic (exact) mass is 355 g/mol. The van der Waals surface area contributed by atoms with Crippen molar-refractivity contribution in [2.75, 3.05) is 27.9 Å². The Balaban J connectivity index is 0. The second-order valence-electron chi connectivity index (χ2n) is 4.12. The molecule has 5 N–H and O–H groups in total. The minimum atomic E-state index is -1.67. The number of primary amides is 1. The fourth-order valence-corrected chi connectivity index (χ4v) is 2.03. The Morgan fingerprint density at radius 1 is 1.17 bits per heavy atom. The Labute approximate surface area is 136 Å². The molecule has 11 nitrogen and oxygen atoms in total. The highest BCUT2D eigenvalue weighted by Crippen LogP contribution is 2.03. The summed E-state index contributed by atoms with van der Waals surface area (Å²) in [7, 11) is 3.05. The topological polar surface area (TPSA) is 161 Å². The Hall–Kier alpha value is -1.73. The highest BCUT2D eigenvalue weighted by atomic mass is 28.3. The molecule has 136 valence electrons. The average molecular weight is 355 g/mol. The Kier molecular flexibility index (Phi) is 14.2. The number of rotatable bonds is 10. The van der Waals surface area contributed by atoms with Crippen LogP contribution in [0.4, 0.5) is 4.79 Å². The van der Waals surface area contributed by atoms with E-state index in [0.717, 1.165) is 5.01 Å². The van der Waals surface area contributed by atoms with Crippen LogP contribution in [0, 0.1) is 0 Å². The second kappa shape index (κ2) is 13.9. The Morgan fingerprint density at radius 2 is 1.65 bits per heavy atom. The van der Waals surface area contributed by atoms with Gasteiger partial charge in [-0.25, -0.2) is 9.80 Å². The van der Waals surface area contributed by atoms with E-state index in [4.69, 9.17) is 29.2 Å². The molecule has 0 bridgehead atoms. The lowest BCUT2D eigenvalue weighted by Gasteiger charge is -2.26. The molecule has 0 heterocycles. The molecular formula is C11H25N3O8Si. The fraction of sp³-hybridized carbons (Fsp3) is 0.727. The van der Waals surface area contributed by atoms with Gasteiger partial charge in [-0.05, 0) is 6.42 Å². The van der Waals surface area contributed by atoms with Gasteiger partial charge in [-0.3, -0.25) is 15.0 Å². The predicted octanol–water partition coefficient (Wildman–Crippen LogP) is -1.15. The van der Waals surface area contributed by atoms with Crippen LogP contribution in [0.5, 0.6) is 0 Å². The van der Waals surface area contributed by atoms with Gasteiger partial charge in [0.05, 0.1) is 6.42 Å². The van der Waals surface area contributed by atoms with E-state index >= 15 is 0 Å². The predicted molar refractivity (Wildman–Crippen MR) is 81.6 cm³/mol. The summed E-state index contributed by atoms with van der Waals surface area (Å²) in [6, 6.07) is -2.25. The second-order valence-corrected chi connectivity index (χ2v) is 6.11. The van der Waals surface area contributed by atoms with Crippen LogP contribution in [0.2, 0.25) is 0 Å². The number of aliphatic carboxylic acids is 2. The van der Waals surface area contributed by atoms with Crippen LogP contribution < -0.4 is 11.2 Å². The Bertz CT molecular complexity index is 362. The van der Waals surface area contributed by atoms with Crippen molar-refractivity contribution in [1.29, 1.82) is 0 Å². The van der Waals surface area contributed by atoms with Gasteiger partial charge in [0.1, 0.15) is 6.04 Å². The van der Waals surface area contributed by atoms with Gasteiger partial charge in [-0.2, -0.15) is 0 Å². The number of urea groups is 1. The number of carboxylic acid groups (broad SMARTS) is 2. The SMILES string of the molecule is CCCN(NC(N)=O)C(CC(=O)O)C(=O)O.CO[SiH](OC)OC. The molecule has 0 saturated carbocycles. The van der Waals surface area contributed by atoms with Crippen LogP contribution in [0.3, 0.4) is 0 Å². The number of carbonyl (C=O) groups is 3. The number of hydrogen-bond donors (Lipinski definition) is 4. The first-order chi connectivity index (χ1) is 10.7. The summed E-state index contributed by atoms with van der Waals surface area (Å²) in [5, 5.41) is 18.4. The number of nitrogens with zero attached hydrogens (tertiary/aromatic N) is 1. The van der Waals surface area contributed by atoms with Crippen molar-refractivity contribution >= 4 is 27.5 Å². The van der Waals surface area contributed by atoms with Gasteiger partial charge in [0.15, 0.2) is 0 Å². The molecule has 1 unspecified atom stereocenters. The largest absolute Gasteiger partial charge is 0.483 e. The number of hydrazine groups is 1. The van der Waals surface area contributed by atoms with Crippen molar-refractivity contribution in [3.8, 4) is 0 Å². The molecule has 0 saturated heterocycles. The lowest BCUT2D eigenvalue weighted by atomic mass is 10.2. The highest BCUT2D eigenvalue weighted by Gasteiger charge is 2.28. The lowest BCUT2D eigenvalue weighted by Crippen LogP contribution is -2.54. The Morgan fingerprint density at radius 3 is 1.87 bits per heavy atom. The van der Waals surface area contributed by atoms with Crippen molar-refractivity contribution in [1.82, 2.24) is 10.4 Å². The lowest BCUT2D eigenvalue weighted by molar-refractivity contribution is -0.150. The van der Waals surface area contributed by atoms with Crippen LogP contribution in [-0.2, 0) is 22.9 Å². The van der Waals surface area contributed by atoms with Crippen molar-refractivity contribution in [2.45, 2.75) is 25.8 Å². The zero-order valence-electron chi connectivity index (χ0n) is 13.6. The number of carboxylic acids is 2. The first kappa shape index (κ1) is 23.5. The highest BCUT2D eigenvalue weighted by molar-refractivity contribution is 6.36. The molecule has 0 aliphatic rings. The molecule has 0 radical (unpaired) electrons. The molecule has 23 heavy (non-hydrogen) atoms. The molecule has 1 atom stereocenters. The van der Waals surface area contributed by atoms with Gasteiger partial charge >= 0.3 is 27.5 Å². The maximum Gasteiger partial charge on any atom is 0.483 e. The molecule has 2 amide bonds. The van der Waals surface area contributed by atoms with E-state index in [9.17, 15) is 14.4 Å². The fourth-order valence-electron chi connectivity index (χ4n) is 1.46. The van der Waals surface area contributed by atoms with E-state index in [1.165, 1.54) is 0 Å². The zero-order valence-corrected chi connectivity index (χ0v) is 14.8. The molecule has 0 aromatic rings. The minimum absolute atomic E-state index is 0.202. The number of carbonyl (C=O) groups excluding carboxylic acids is 1. The molecule has 0 aromatic carbocycles. The number of hydrogen-bond acceptors (Lipinski definition) is 7. The van der Waals surface area contributed by atoms with Gasteiger partial charge in [0.2, 0.25) is 0 Å². The molecule has 12 heteroatoms. The van der Waals surface area contributed by atoms with Crippen LogP contribution in [0.25, 0.3) is 0 Å². The van der Waals surface area contributed by atoms with E-state index < -0.39 is 40.0 Å². The van der Waals surface area contributed by atoms with Crippen molar-refractivity contribution in [3.05, 3.63) is 0 Å². The van der Waals surface area contributed by atoms with Gasteiger partial charge < -0.3 is 29.2 Å². The first-order valence-corrected chi connectivity index (χ1v) is 8.00. The molecule has 0 rings (SSSR count). The summed E-state index contributed by atoms with van der Waals surface area (Å²) in [6.07, 6.45) is -0.0701. The quantitative estimate of drug-likeness (QED) is 0.280. The minimum Gasteiger partial charge on any atom is -0.481 e. The van der Waals surface area contributed by atoms with Gasteiger partial charge in [-0.15, -0.1) is 0 Å². The smallest absolute Gasteiger partial charge is 0.481 e. The summed E-state index contributed by atoms with van der Waals surface area (Å²) >= 11 is 0. The van der Waals surface area contributed by atoms with Gasteiger partial charge in [0.25, 0.3) is 0 Å². The average Bonchev–Trinajstić information content (AvgIpc) is 2.46. The van der Waals surface area contributed by atoms with E-state index in [1.807, 2.05) is 0 Å². The van der Waals surface area contributed by atoms with Crippen LogP contribution >= 0.6 is 0 Å². The van der Waals surface area contributed by atoms with Crippen LogP contribution in [0.1, 0.15) is 19.8 Å². The number of amides is 2. The summed E-state index contributed by atoms with van der Waals surface area (Å²) in [4.78, 5) is 31.9. The summed E-state index contributed by atoms with van der Waals surface area (Å²) in [6.45, 7) is 1.96. The molecule has 0 aliphatic heterocycles. The van der Waals surface area contributed by atoms with Crippen molar-refractivity contribution in [2.24, 2.45) is 5.73 Å². The third-order valence-electron chi connectivity index (χ3n) is 2.32. The third kappa shape index (κ3) is 12.5. The van der Waals surface area contributed by atoms with Crippen LogP contribution in [-0.4, -0.2) is 76.6 Å². The van der Waals surface area contributed by atoms with Gasteiger partial charge in [-0.1, -0.05) is 6.92 Å². The molecule has 0 aromatic heterocycles. The molecule has 0 aliphatic carbocycles. The maximum atomic E-state index is 10.8. The standard InChI is InChI=1S/C8H15N3O5.C3H10O3Si/c1-2-3-11(10-8(9)16)5(7(14)15)4-6(12)13;1-4-7(5-2)6-3/h5H,2-4H2,1H3,(H,12,13)(H,14,15)(H3,9,10,16);7H,1-3H3. The summed E-state index contributed by atoms with van der Waals surface area (Å²) in [5.74, 6) is -2.59. The van der Waals surface area contributed by atoms with E-state index in [2.05, 4.69) is 5.43 Å². The summed E-state index contributed by atoms with van der Waals surface area (Å²) < 4.78 is 14.2. The van der Waals surface area contributed by atoms with Crippen LogP contribution in [0.15, 0.2) is 0 Å². The van der Waals surface area contributed by atoms with Crippen molar-refractivity contribution in [3.63, 3.8) is 0 Å². The van der Waals surface area contributed by atoms with E-state index in [-0.39, 0.29) is 6.54 Å². The first-order valence-electron chi connectivity index (χ1n) is 6.59. The van der Waals surface area contributed by atoms with E-state index in [1.54, 1.807) is 28.3 Å². The molecule has 0 fully saturated rings. The third-order valence-corrected chi connectivity index (χ3v) is 3.48. The number of nitrogens with two attached hydrogens (primary N) is 1. The summed E-state index contributed by atoms with van der Waals surface area (Å²) in [5.41, 5.74) is 6.96. The maximum absolute atomic E-state index is 10.8. The molecular weight excluding hydrogens is 330 g/mol. The van der Waals surface area contributed by atoms with E-state index in [0.29, 0.717) is 6.42 Å². The normalized spacial score (nSPS) is 11.6.